The summed E-state index contributed by atoms with van der Waals surface area (Å²) in [4.78, 5) is -1.58. The second-order valence-electron chi connectivity index (χ2n) is 5.23. The van der Waals surface area contributed by atoms with E-state index in [1.54, 1.807) is 0 Å². The topological polar surface area (TPSA) is 46.6 Å². The van der Waals surface area contributed by atoms with Crippen LogP contribution in [0.15, 0.2) is 23.1 Å². The lowest BCUT2D eigenvalue weighted by atomic mass is 10.2. The van der Waals surface area contributed by atoms with E-state index in [1.165, 1.54) is 0 Å². The van der Waals surface area contributed by atoms with E-state index in [4.69, 9.17) is 4.74 Å². The Balaban J connectivity index is 2.60. The minimum atomic E-state index is -4.79. The minimum absolute atomic E-state index is 0.357. The maximum absolute atomic E-state index is 14.0. The van der Waals surface area contributed by atoms with Crippen LogP contribution in [0.3, 0.4) is 0 Å². The Labute approximate surface area is 144 Å². The van der Waals surface area contributed by atoms with E-state index >= 15 is 0 Å². The zero-order valence-corrected chi connectivity index (χ0v) is 14.1. The molecule has 0 heterocycles. The predicted octanol–water partition coefficient (Wildman–Crippen LogP) is 3.35. The fourth-order valence-electron chi connectivity index (χ4n) is 1.92. The number of ether oxygens (including phenoxy) is 1. The van der Waals surface area contributed by atoms with Gasteiger partial charge >= 0.3 is 0 Å². The third kappa shape index (κ3) is 3.49. The lowest BCUT2D eigenvalue weighted by Crippen LogP contribution is -2.25. The first-order valence-corrected chi connectivity index (χ1v) is 8.27. The smallest absolute Gasteiger partial charge is 0.249 e. The molecule has 2 aromatic carbocycles. The van der Waals surface area contributed by atoms with Crippen LogP contribution in [0, 0.1) is 34.9 Å². The van der Waals surface area contributed by atoms with Gasteiger partial charge in [0.2, 0.25) is 21.7 Å². The normalized spacial score (nSPS) is 11.9. The molecule has 26 heavy (non-hydrogen) atoms. The molecule has 0 amide bonds. The number of rotatable bonds is 5. The van der Waals surface area contributed by atoms with Crippen LogP contribution in [0.5, 0.6) is 5.75 Å². The van der Waals surface area contributed by atoms with E-state index in [0.717, 1.165) is 26.2 Å². The summed E-state index contributed by atoms with van der Waals surface area (Å²) in [5.74, 6) is -12.4. The van der Waals surface area contributed by atoms with Gasteiger partial charge in [-0.05, 0) is 12.1 Å². The number of sulfonamides is 1. The Bertz CT molecular complexity index is 963. The highest BCUT2D eigenvalue weighted by molar-refractivity contribution is 7.89. The van der Waals surface area contributed by atoms with Crippen LogP contribution >= 0.6 is 0 Å². The Morgan fingerprint density at radius 3 is 2.04 bits per heavy atom. The molecular weight excluding hydrogens is 388 g/mol. The molecule has 0 fully saturated rings. The fraction of sp³-hybridized carbons (Fsp3) is 0.200. The summed E-state index contributed by atoms with van der Waals surface area (Å²) in [6, 6.07) is 2.21. The van der Waals surface area contributed by atoms with Gasteiger partial charge in [-0.2, -0.15) is 4.39 Å². The molecule has 0 aliphatic heterocycles. The molecule has 11 heteroatoms. The first-order valence-electron chi connectivity index (χ1n) is 6.83. The maximum Gasteiger partial charge on any atom is 0.249 e. The van der Waals surface area contributed by atoms with Crippen LogP contribution in [-0.4, -0.2) is 26.8 Å². The van der Waals surface area contributed by atoms with Gasteiger partial charge in [-0.1, -0.05) is 0 Å². The highest BCUT2D eigenvalue weighted by Crippen LogP contribution is 2.35. The number of hydrogen-bond acceptors (Lipinski definition) is 3. The molecule has 2 rings (SSSR count). The summed E-state index contributed by atoms with van der Waals surface area (Å²) >= 11 is 0. The van der Waals surface area contributed by atoms with Crippen LogP contribution in [0.2, 0.25) is 0 Å². The van der Waals surface area contributed by atoms with Gasteiger partial charge in [0, 0.05) is 25.7 Å². The van der Waals surface area contributed by atoms with Crippen LogP contribution in [0.25, 0.3) is 0 Å². The maximum atomic E-state index is 14.0. The van der Waals surface area contributed by atoms with Gasteiger partial charge in [0.25, 0.3) is 0 Å². The zero-order valence-electron chi connectivity index (χ0n) is 13.3. The van der Waals surface area contributed by atoms with Crippen molar-refractivity contribution in [3.05, 3.63) is 58.7 Å². The van der Waals surface area contributed by atoms with Gasteiger partial charge in [0.1, 0.15) is 18.2 Å². The van der Waals surface area contributed by atoms with E-state index in [0.29, 0.717) is 10.4 Å². The van der Waals surface area contributed by atoms with Crippen molar-refractivity contribution >= 4 is 10.0 Å². The van der Waals surface area contributed by atoms with Crippen LogP contribution in [0.1, 0.15) is 5.56 Å². The lowest BCUT2D eigenvalue weighted by Gasteiger charge is -2.18. The van der Waals surface area contributed by atoms with Crippen LogP contribution in [-0.2, 0) is 16.6 Å². The monoisotopic (exact) mass is 399 g/mol. The molecule has 4 nitrogen and oxygen atoms in total. The van der Waals surface area contributed by atoms with E-state index in [-0.39, 0.29) is 5.56 Å². The summed E-state index contributed by atoms with van der Waals surface area (Å²) in [7, 11) is -2.90. The molecule has 0 saturated carbocycles. The average Bonchev–Trinajstić information content (AvgIpc) is 2.55. The number of hydrogen-bond donors (Lipinski definition) is 0. The van der Waals surface area contributed by atoms with Crippen molar-refractivity contribution in [1.29, 1.82) is 0 Å². The molecular formula is C15H11F6NO3S. The van der Waals surface area contributed by atoms with Gasteiger partial charge in [-0.15, -0.1) is 0 Å². The Hall–Kier alpha value is -2.27. The molecule has 0 N–H and O–H groups in total. The van der Waals surface area contributed by atoms with Crippen LogP contribution in [0.4, 0.5) is 26.3 Å². The largest absolute Gasteiger partial charge is 0.484 e. The number of halogens is 6. The van der Waals surface area contributed by atoms with Gasteiger partial charge in [0.15, 0.2) is 22.3 Å². The predicted molar refractivity (Wildman–Crippen MR) is 77.8 cm³/mol. The van der Waals surface area contributed by atoms with Crippen LogP contribution < -0.4 is 4.74 Å². The quantitative estimate of drug-likeness (QED) is 0.440. The van der Waals surface area contributed by atoms with Gasteiger partial charge in [-0.3, -0.25) is 0 Å². The summed E-state index contributed by atoms with van der Waals surface area (Å²) < 4.78 is 111. The van der Waals surface area contributed by atoms with E-state index in [9.17, 15) is 34.8 Å². The number of benzene rings is 2. The minimum Gasteiger partial charge on any atom is -0.484 e. The molecule has 0 saturated heterocycles. The molecule has 0 bridgehead atoms. The average molecular weight is 399 g/mol. The van der Waals surface area contributed by atoms with Gasteiger partial charge in [0.05, 0.1) is 0 Å². The SMILES string of the molecule is CN(C)S(=O)(=O)c1c(F)c(F)c(F)c(F)c1OCc1ccc(F)cc1F. The first-order chi connectivity index (χ1) is 12.0. The third-order valence-electron chi connectivity index (χ3n) is 3.31. The summed E-state index contributed by atoms with van der Waals surface area (Å²) in [5, 5.41) is 0. The van der Waals surface area contributed by atoms with Gasteiger partial charge in [-0.25, -0.2) is 34.7 Å². The standard InChI is InChI=1S/C15H11F6NO3S/c1-22(2)26(23,24)15-13(21)11(19)10(18)12(20)14(15)25-6-7-3-4-8(16)5-9(7)17/h3-5H,6H2,1-2H3. The molecule has 0 spiro atoms. The summed E-state index contributed by atoms with van der Waals surface area (Å²) in [6.45, 7) is -0.899. The van der Waals surface area contributed by atoms with Crippen molar-refractivity contribution in [3.8, 4) is 5.75 Å². The second-order valence-corrected chi connectivity index (χ2v) is 7.31. The molecule has 0 aliphatic rings. The molecule has 0 aromatic heterocycles. The third-order valence-corrected chi connectivity index (χ3v) is 5.15. The van der Waals surface area contributed by atoms with Crippen molar-refractivity contribution in [2.75, 3.05) is 14.1 Å². The first kappa shape index (κ1) is 20.0. The second kappa shape index (κ2) is 7.16. The molecule has 0 unspecified atom stereocenters. The van der Waals surface area contributed by atoms with E-state index in [2.05, 4.69) is 0 Å². The number of nitrogens with zero attached hydrogens (tertiary/aromatic N) is 1. The molecule has 2 aromatic rings. The summed E-state index contributed by atoms with van der Waals surface area (Å²) in [5.41, 5.74) is -0.357. The highest BCUT2D eigenvalue weighted by atomic mass is 32.2. The van der Waals surface area contributed by atoms with E-state index < -0.39 is 62.2 Å². The Kier molecular flexibility index (Phi) is 5.52. The Morgan fingerprint density at radius 1 is 0.923 bits per heavy atom. The molecule has 0 aliphatic carbocycles. The molecule has 0 atom stereocenters. The Morgan fingerprint density at radius 2 is 1.50 bits per heavy atom. The zero-order chi connectivity index (χ0) is 19.8. The lowest BCUT2D eigenvalue weighted by molar-refractivity contribution is 0.258. The fourth-order valence-corrected chi connectivity index (χ4v) is 2.99. The van der Waals surface area contributed by atoms with Crippen molar-refractivity contribution in [3.63, 3.8) is 0 Å². The highest BCUT2D eigenvalue weighted by Gasteiger charge is 2.35. The van der Waals surface area contributed by atoms with Gasteiger partial charge < -0.3 is 4.74 Å². The van der Waals surface area contributed by atoms with E-state index in [1.807, 2.05) is 0 Å². The molecule has 0 radical (unpaired) electrons. The van der Waals surface area contributed by atoms with Crippen molar-refractivity contribution in [2.45, 2.75) is 11.5 Å². The molecule has 142 valence electrons. The van der Waals surface area contributed by atoms with Crippen molar-refractivity contribution in [1.82, 2.24) is 4.31 Å². The van der Waals surface area contributed by atoms with Crippen molar-refractivity contribution < 1.29 is 39.5 Å². The van der Waals surface area contributed by atoms with Crippen molar-refractivity contribution in [2.24, 2.45) is 0 Å². The summed E-state index contributed by atoms with van der Waals surface area (Å²) in [6.07, 6.45) is 0.